The Labute approximate surface area is 243 Å². The van der Waals surface area contributed by atoms with Gasteiger partial charge in [-0.1, -0.05) is 73.0 Å². The normalized spacial score (nSPS) is 14.3. The molecule has 3 aromatic rings. The van der Waals surface area contributed by atoms with Crippen molar-refractivity contribution in [2.75, 3.05) is 24.2 Å². The highest BCUT2D eigenvalue weighted by Gasteiger charge is 2.34. The Bertz CT molecular complexity index is 1420. The van der Waals surface area contributed by atoms with Crippen molar-refractivity contribution >= 4 is 27.5 Å². The summed E-state index contributed by atoms with van der Waals surface area (Å²) in [6.45, 7) is 1.58. The van der Waals surface area contributed by atoms with Gasteiger partial charge in [0.15, 0.2) is 0 Å². The van der Waals surface area contributed by atoms with Crippen LogP contribution in [0.15, 0.2) is 78.9 Å². The summed E-state index contributed by atoms with van der Waals surface area (Å²) in [6.07, 6.45) is 5.30. The Morgan fingerprint density at radius 1 is 0.951 bits per heavy atom. The number of amides is 2. The average Bonchev–Trinajstić information content (AvgIpc) is 3.47. The van der Waals surface area contributed by atoms with Gasteiger partial charge < -0.3 is 15.0 Å². The molecule has 1 atom stereocenters. The topological polar surface area (TPSA) is 96.0 Å². The minimum Gasteiger partial charge on any atom is -0.497 e. The quantitative estimate of drug-likeness (QED) is 0.343. The molecule has 1 fully saturated rings. The lowest BCUT2D eigenvalue weighted by atomic mass is 10.0. The first kappa shape index (κ1) is 30.1. The summed E-state index contributed by atoms with van der Waals surface area (Å²) in [4.78, 5) is 29.6. The van der Waals surface area contributed by atoms with E-state index in [-0.39, 0.29) is 18.5 Å². The summed E-state index contributed by atoms with van der Waals surface area (Å²) in [5.41, 5.74) is 3.04. The van der Waals surface area contributed by atoms with Gasteiger partial charge in [0, 0.05) is 19.0 Å². The number of hydrogen-bond donors (Lipinski definition) is 1. The zero-order valence-electron chi connectivity index (χ0n) is 24.0. The molecule has 9 heteroatoms. The first-order valence-electron chi connectivity index (χ1n) is 13.9. The maximum Gasteiger partial charge on any atom is 0.244 e. The van der Waals surface area contributed by atoms with E-state index in [2.05, 4.69) is 5.32 Å². The van der Waals surface area contributed by atoms with Gasteiger partial charge in [0.25, 0.3) is 0 Å². The van der Waals surface area contributed by atoms with E-state index in [1.165, 1.54) is 4.90 Å². The van der Waals surface area contributed by atoms with Gasteiger partial charge in [-0.25, -0.2) is 8.42 Å². The largest absolute Gasteiger partial charge is 0.497 e. The number of methoxy groups -OCH3 is 1. The highest BCUT2D eigenvalue weighted by Crippen LogP contribution is 2.23. The van der Waals surface area contributed by atoms with E-state index in [4.69, 9.17) is 4.74 Å². The molecule has 41 heavy (non-hydrogen) atoms. The summed E-state index contributed by atoms with van der Waals surface area (Å²) >= 11 is 0. The Kier molecular flexibility index (Phi) is 10.0. The first-order valence-corrected chi connectivity index (χ1v) is 15.8. The van der Waals surface area contributed by atoms with Gasteiger partial charge in [-0.05, 0) is 55.2 Å². The van der Waals surface area contributed by atoms with Crippen LogP contribution in [0.5, 0.6) is 5.75 Å². The third kappa shape index (κ3) is 8.33. The molecule has 1 N–H and O–H groups in total. The van der Waals surface area contributed by atoms with Crippen LogP contribution in [0.3, 0.4) is 0 Å². The monoisotopic (exact) mass is 577 g/mol. The molecule has 0 spiro atoms. The Morgan fingerprint density at radius 3 is 2.24 bits per heavy atom. The molecule has 0 bridgehead atoms. The lowest BCUT2D eigenvalue weighted by molar-refractivity contribution is -0.140. The second-order valence-electron chi connectivity index (χ2n) is 10.7. The van der Waals surface area contributed by atoms with Crippen molar-refractivity contribution in [1.29, 1.82) is 0 Å². The van der Waals surface area contributed by atoms with Crippen LogP contribution in [0.4, 0.5) is 5.69 Å². The zero-order chi connectivity index (χ0) is 29.4. The predicted molar refractivity (Wildman–Crippen MR) is 161 cm³/mol. The van der Waals surface area contributed by atoms with Crippen LogP contribution >= 0.6 is 0 Å². The minimum absolute atomic E-state index is 0.0645. The van der Waals surface area contributed by atoms with E-state index in [0.29, 0.717) is 17.9 Å². The van der Waals surface area contributed by atoms with Crippen LogP contribution in [0.2, 0.25) is 0 Å². The molecule has 2 amide bonds. The molecule has 0 aliphatic heterocycles. The molecule has 1 saturated carbocycles. The Balaban J connectivity index is 1.73. The van der Waals surface area contributed by atoms with E-state index < -0.39 is 28.5 Å². The molecule has 218 valence electrons. The maximum atomic E-state index is 14.2. The number of ether oxygens (including phenoxy) is 1. The number of nitrogens with zero attached hydrogens (tertiary/aromatic N) is 2. The smallest absolute Gasteiger partial charge is 0.244 e. The molecule has 0 heterocycles. The van der Waals surface area contributed by atoms with Gasteiger partial charge in [-0.2, -0.15) is 0 Å². The van der Waals surface area contributed by atoms with Crippen molar-refractivity contribution in [1.82, 2.24) is 10.2 Å². The second-order valence-corrected chi connectivity index (χ2v) is 12.6. The number of rotatable bonds is 12. The molecule has 8 nitrogen and oxygen atoms in total. The zero-order valence-corrected chi connectivity index (χ0v) is 24.8. The molecule has 3 aromatic carbocycles. The van der Waals surface area contributed by atoms with Crippen molar-refractivity contribution in [2.45, 2.75) is 57.7 Å². The fourth-order valence-corrected chi connectivity index (χ4v) is 6.06. The second kappa shape index (κ2) is 13.7. The van der Waals surface area contributed by atoms with Crippen LogP contribution < -0.4 is 14.4 Å². The molecular weight excluding hydrogens is 538 g/mol. The van der Waals surface area contributed by atoms with Crippen molar-refractivity contribution in [3.63, 3.8) is 0 Å². The van der Waals surface area contributed by atoms with E-state index in [0.717, 1.165) is 52.9 Å². The highest BCUT2D eigenvalue weighted by atomic mass is 32.2. The third-order valence-corrected chi connectivity index (χ3v) is 8.60. The average molecular weight is 578 g/mol. The van der Waals surface area contributed by atoms with Crippen molar-refractivity contribution in [3.8, 4) is 5.75 Å². The van der Waals surface area contributed by atoms with Crippen LogP contribution in [0.25, 0.3) is 0 Å². The number of aryl methyl sites for hydroxylation is 1. The fourth-order valence-electron chi connectivity index (χ4n) is 5.21. The molecule has 0 unspecified atom stereocenters. The molecule has 4 rings (SSSR count). The number of anilines is 1. The predicted octanol–water partition coefficient (Wildman–Crippen LogP) is 4.47. The molecule has 0 aromatic heterocycles. The summed E-state index contributed by atoms with van der Waals surface area (Å²) in [7, 11) is -2.23. The molecule has 0 saturated heterocycles. The standard InChI is InChI=1S/C32H39N3O5S/c1-24-16-18-28(19-17-24)35(41(3,38)39)23-31(36)34(22-26-12-9-15-29(20-26)40-2)30(21-25-10-5-4-6-11-25)32(37)33-27-13-7-8-14-27/h4-6,9-12,15-20,27,30H,7-8,13-14,21-23H2,1-3H3,(H,33,37)/t30-/m0/s1. The van der Waals surface area contributed by atoms with Gasteiger partial charge in [0.05, 0.1) is 19.1 Å². The van der Waals surface area contributed by atoms with Gasteiger partial charge in [0.1, 0.15) is 18.3 Å². The molecule has 0 radical (unpaired) electrons. The van der Waals surface area contributed by atoms with Gasteiger partial charge in [0.2, 0.25) is 21.8 Å². The van der Waals surface area contributed by atoms with E-state index in [9.17, 15) is 18.0 Å². The number of carbonyl (C=O) groups is 2. The van der Waals surface area contributed by atoms with Crippen LogP contribution in [0, 0.1) is 6.92 Å². The Hall–Kier alpha value is -3.85. The number of nitrogens with one attached hydrogen (secondary N) is 1. The third-order valence-electron chi connectivity index (χ3n) is 7.46. The number of hydrogen-bond acceptors (Lipinski definition) is 5. The van der Waals surface area contributed by atoms with E-state index in [1.54, 1.807) is 31.4 Å². The van der Waals surface area contributed by atoms with Crippen LogP contribution in [-0.2, 0) is 32.6 Å². The number of sulfonamides is 1. The number of benzene rings is 3. The van der Waals surface area contributed by atoms with Crippen LogP contribution in [0.1, 0.15) is 42.4 Å². The van der Waals surface area contributed by atoms with E-state index in [1.807, 2.05) is 61.5 Å². The summed E-state index contributed by atoms with van der Waals surface area (Å²) in [5.74, 6) is -0.0816. The minimum atomic E-state index is -3.80. The molecular formula is C32H39N3O5S. The van der Waals surface area contributed by atoms with Crippen molar-refractivity contribution in [3.05, 3.63) is 95.6 Å². The fraction of sp³-hybridized carbons (Fsp3) is 0.375. The lowest BCUT2D eigenvalue weighted by Crippen LogP contribution is -2.54. The van der Waals surface area contributed by atoms with Gasteiger partial charge >= 0.3 is 0 Å². The lowest BCUT2D eigenvalue weighted by Gasteiger charge is -2.34. The summed E-state index contributed by atoms with van der Waals surface area (Å²) < 4.78 is 32.3. The summed E-state index contributed by atoms with van der Waals surface area (Å²) in [5, 5.41) is 3.17. The van der Waals surface area contributed by atoms with E-state index >= 15 is 0 Å². The summed E-state index contributed by atoms with van der Waals surface area (Å²) in [6, 6.07) is 23.1. The van der Waals surface area contributed by atoms with Crippen molar-refractivity contribution < 1.29 is 22.7 Å². The first-order chi connectivity index (χ1) is 19.6. The molecule has 1 aliphatic carbocycles. The Morgan fingerprint density at radius 2 is 1.61 bits per heavy atom. The maximum absolute atomic E-state index is 14.2. The van der Waals surface area contributed by atoms with Crippen molar-refractivity contribution in [2.24, 2.45) is 0 Å². The van der Waals surface area contributed by atoms with Crippen LogP contribution in [-0.4, -0.2) is 57.1 Å². The van der Waals surface area contributed by atoms with Gasteiger partial charge in [-0.3, -0.25) is 13.9 Å². The highest BCUT2D eigenvalue weighted by molar-refractivity contribution is 7.92. The number of carbonyl (C=O) groups excluding carboxylic acids is 2. The van der Waals surface area contributed by atoms with Gasteiger partial charge in [-0.15, -0.1) is 0 Å². The SMILES string of the molecule is COc1cccc(CN(C(=O)CN(c2ccc(C)cc2)S(C)(=O)=O)[C@@H](Cc2ccccc2)C(=O)NC2CCCC2)c1. The molecule has 1 aliphatic rings.